The third kappa shape index (κ3) is 12.8. The van der Waals surface area contributed by atoms with Gasteiger partial charge in [-0.15, -0.1) is 0 Å². The molecule has 6 aromatic carbocycles. The van der Waals surface area contributed by atoms with Gasteiger partial charge in [0.05, 0.1) is 32.5 Å². The molecule has 0 bridgehead atoms. The van der Waals surface area contributed by atoms with Crippen molar-refractivity contribution in [1.29, 1.82) is 0 Å². The maximum atomic E-state index is 14.3. The number of hydrogen-bond donors (Lipinski definition) is 4. The van der Waals surface area contributed by atoms with Gasteiger partial charge in [-0.05, 0) is 84.9 Å². The maximum Gasteiger partial charge on any atom is 0.416 e. The summed E-state index contributed by atoms with van der Waals surface area (Å²) in [5.41, 5.74) is -4.85. The number of hydrogen-bond acceptors (Lipinski definition) is 6. The van der Waals surface area contributed by atoms with Crippen LogP contribution in [0, 0.1) is 34.9 Å². The number of halogens is 14. The summed E-state index contributed by atoms with van der Waals surface area (Å²) in [6, 6.07) is 13.4. The number of carbonyl (C=O) groups excluding carboxylic acids is 4. The lowest BCUT2D eigenvalue weighted by Gasteiger charge is -2.12. The Balaban J connectivity index is 0.000000247. The number of anilines is 2. The molecule has 344 valence electrons. The fourth-order valence-electron chi connectivity index (χ4n) is 5.16. The molecule has 0 aliphatic carbocycles. The van der Waals surface area contributed by atoms with Gasteiger partial charge in [0.25, 0.3) is 11.8 Å². The van der Waals surface area contributed by atoms with Gasteiger partial charge >= 0.3 is 24.4 Å². The van der Waals surface area contributed by atoms with Crippen molar-refractivity contribution in [3.05, 3.63) is 176 Å². The van der Waals surface area contributed by atoms with E-state index < -0.39 is 105 Å². The maximum absolute atomic E-state index is 14.3. The number of amides is 6. The molecule has 0 fully saturated rings. The van der Waals surface area contributed by atoms with Crippen molar-refractivity contribution in [2.45, 2.75) is 12.4 Å². The van der Waals surface area contributed by atoms with Crippen LogP contribution in [-0.2, 0) is 12.4 Å². The summed E-state index contributed by atoms with van der Waals surface area (Å²) in [4.78, 5) is 47.6. The predicted molar refractivity (Wildman–Crippen MR) is 212 cm³/mol. The van der Waals surface area contributed by atoms with E-state index in [1.165, 1.54) is 0 Å². The second-order valence-corrected chi connectivity index (χ2v) is 13.6. The molecule has 4 N–H and O–H groups in total. The van der Waals surface area contributed by atoms with Gasteiger partial charge in [-0.3, -0.25) is 20.2 Å². The Hall–Kier alpha value is -7.46. The SMILES string of the molecule is O=C(NC(=O)c1c(F)cccc1F)Nc1ccc(Oc2ccc(C(F)(F)F)cc2Cl)cc1F.O=C(NC(=O)c1c(F)cccc1F)Nc1ccc(Oc2ccc(C(F)(F)F)cc2Cl)cc1F. The number of carbonyl (C=O) groups is 4. The highest BCUT2D eigenvalue weighted by molar-refractivity contribution is 6.32. The Labute approximate surface area is 372 Å². The van der Waals surface area contributed by atoms with Crippen LogP contribution in [0.25, 0.3) is 0 Å². The lowest BCUT2D eigenvalue weighted by atomic mass is 10.2. The Kier molecular flexibility index (Phi) is 15.5. The Morgan fingerprint density at radius 1 is 0.439 bits per heavy atom. The number of imide groups is 2. The van der Waals surface area contributed by atoms with Crippen LogP contribution >= 0.6 is 23.2 Å². The van der Waals surface area contributed by atoms with Crippen LogP contribution in [0.15, 0.2) is 109 Å². The normalized spacial score (nSPS) is 11.1. The molecule has 0 aliphatic rings. The second-order valence-electron chi connectivity index (χ2n) is 12.8. The minimum Gasteiger partial charge on any atom is -0.456 e. The molecule has 6 aromatic rings. The highest BCUT2D eigenvalue weighted by atomic mass is 35.5. The van der Waals surface area contributed by atoms with Crippen molar-refractivity contribution in [3.63, 3.8) is 0 Å². The first-order valence-electron chi connectivity index (χ1n) is 17.7. The van der Waals surface area contributed by atoms with Gasteiger partial charge in [0.1, 0.15) is 69.0 Å². The highest BCUT2D eigenvalue weighted by Gasteiger charge is 2.32. The lowest BCUT2D eigenvalue weighted by Crippen LogP contribution is -2.35. The molecule has 0 atom stereocenters. The number of nitrogens with one attached hydrogen (secondary N) is 4. The molecule has 66 heavy (non-hydrogen) atoms. The second kappa shape index (κ2) is 20.6. The van der Waals surface area contributed by atoms with E-state index in [-0.39, 0.29) is 33.0 Å². The van der Waals surface area contributed by atoms with Crippen LogP contribution in [0.2, 0.25) is 10.0 Å². The van der Waals surface area contributed by atoms with E-state index in [1.54, 1.807) is 10.6 Å². The number of alkyl halides is 6. The van der Waals surface area contributed by atoms with Crippen LogP contribution in [0.1, 0.15) is 31.8 Å². The standard InChI is InChI=1S/2C21H11ClF6N2O3/c2*22-12-8-10(21(26,27)28)4-7-17(12)33-11-5-6-16(15(25)9-11)29-20(32)30-19(31)18-13(23)2-1-3-14(18)24/h2*1-9H,(H2,29,30,31,32). The lowest BCUT2D eigenvalue weighted by molar-refractivity contribution is -0.138. The first-order valence-corrected chi connectivity index (χ1v) is 18.5. The van der Waals surface area contributed by atoms with Crippen LogP contribution in [0.5, 0.6) is 23.0 Å². The summed E-state index contributed by atoms with van der Waals surface area (Å²) in [6.07, 6.45) is -9.22. The average molecular weight is 978 g/mol. The molecule has 24 heteroatoms. The van der Waals surface area contributed by atoms with Gasteiger partial charge in [-0.1, -0.05) is 35.3 Å². The number of urea groups is 2. The smallest absolute Gasteiger partial charge is 0.416 e. The van der Waals surface area contributed by atoms with Crippen molar-refractivity contribution < 1.29 is 81.3 Å². The molecular formula is C42H22Cl2F12N4O6. The summed E-state index contributed by atoms with van der Waals surface area (Å²) in [7, 11) is 0. The molecule has 0 aliphatic heterocycles. The number of ether oxygens (including phenoxy) is 2. The van der Waals surface area contributed by atoms with Gasteiger partial charge in [0, 0.05) is 12.1 Å². The molecule has 6 rings (SSSR count). The summed E-state index contributed by atoms with van der Waals surface area (Å²) < 4.78 is 170. The van der Waals surface area contributed by atoms with E-state index in [0.29, 0.717) is 12.1 Å². The Morgan fingerprint density at radius 3 is 1.06 bits per heavy atom. The minimum absolute atomic E-state index is 0.162. The van der Waals surface area contributed by atoms with Gasteiger partial charge in [0.15, 0.2) is 0 Å². The van der Waals surface area contributed by atoms with Gasteiger partial charge in [-0.2, -0.15) is 26.3 Å². The van der Waals surface area contributed by atoms with Gasteiger partial charge in [-0.25, -0.2) is 35.9 Å². The van der Waals surface area contributed by atoms with Gasteiger partial charge in [0.2, 0.25) is 0 Å². The quantitative estimate of drug-likeness (QED) is 0.112. The average Bonchev–Trinajstić information content (AvgIpc) is 3.21. The largest absolute Gasteiger partial charge is 0.456 e. The summed E-state index contributed by atoms with van der Waals surface area (Å²) in [6.45, 7) is 0. The van der Waals surface area contributed by atoms with E-state index >= 15 is 0 Å². The summed E-state index contributed by atoms with van der Waals surface area (Å²) in [5.74, 6) is -10.4. The molecule has 0 aromatic heterocycles. The summed E-state index contributed by atoms with van der Waals surface area (Å²) >= 11 is 11.6. The molecule has 6 amide bonds. The zero-order valence-corrected chi connectivity index (χ0v) is 33.6. The zero-order chi connectivity index (χ0) is 48.7. The fourth-order valence-corrected chi connectivity index (χ4v) is 5.60. The van der Waals surface area contributed by atoms with E-state index in [1.807, 2.05) is 10.6 Å². The van der Waals surface area contributed by atoms with Crippen molar-refractivity contribution >= 4 is 58.5 Å². The highest BCUT2D eigenvalue weighted by Crippen LogP contribution is 2.38. The first kappa shape index (κ1) is 49.6. The van der Waals surface area contributed by atoms with Gasteiger partial charge < -0.3 is 20.1 Å². The minimum atomic E-state index is -4.61. The Morgan fingerprint density at radius 2 is 0.773 bits per heavy atom. The third-order valence-corrected chi connectivity index (χ3v) is 8.78. The molecule has 0 radical (unpaired) electrons. The van der Waals surface area contributed by atoms with Crippen molar-refractivity contribution in [2.24, 2.45) is 0 Å². The van der Waals surface area contributed by atoms with Crippen molar-refractivity contribution in [1.82, 2.24) is 10.6 Å². The van der Waals surface area contributed by atoms with Crippen molar-refractivity contribution in [3.8, 4) is 23.0 Å². The van der Waals surface area contributed by atoms with E-state index in [9.17, 15) is 71.9 Å². The molecule has 0 spiro atoms. The van der Waals surface area contributed by atoms with Crippen LogP contribution < -0.4 is 30.7 Å². The molecule has 0 heterocycles. The topological polar surface area (TPSA) is 135 Å². The van der Waals surface area contributed by atoms with Crippen LogP contribution in [0.3, 0.4) is 0 Å². The van der Waals surface area contributed by atoms with Crippen molar-refractivity contribution in [2.75, 3.05) is 10.6 Å². The van der Waals surface area contributed by atoms with E-state index in [4.69, 9.17) is 32.7 Å². The fraction of sp³-hybridized carbons (Fsp3) is 0.0476. The summed E-state index contributed by atoms with van der Waals surface area (Å²) in [5, 5.41) is 6.53. The number of rotatable bonds is 8. The molecule has 0 saturated carbocycles. The molecule has 10 nitrogen and oxygen atoms in total. The molecule has 0 unspecified atom stereocenters. The van der Waals surface area contributed by atoms with E-state index in [2.05, 4.69) is 0 Å². The first-order chi connectivity index (χ1) is 30.9. The molecule has 0 saturated heterocycles. The third-order valence-electron chi connectivity index (χ3n) is 8.19. The molecular weight excluding hydrogens is 955 g/mol. The zero-order valence-electron chi connectivity index (χ0n) is 32.1. The number of benzene rings is 6. The predicted octanol–water partition coefficient (Wildman–Crippen LogP) is 13.1. The van der Waals surface area contributed by atoms with Crippen LogP contribution in [-0.4, -0.2) is 23.9 Å². The van der Waals surface area contributed by atoms with E-state index in [0.717, 1.165) is 97.1 Å². The van der Waals surface area contributed by atoms with Crippen LogP contribution in [0.4, 0.5) is 73.6 Å². The Bertz CT molecular complexity index is 2620. The monoisotopic (exact) mass is 976 g/mol.